The highest BCUT2D eigenvalue weighted by Crippen LogP contribution is 2.16. The van der Waals surface area contributed by atoms with E-state index in [4.69, 9.17) is 14.2 Å². The van der Waals surface area contributed by atoms with E-state index in [0.717, 1.165) is 51.4 Å². The Labute approximate surface area is 410 Å². The molecule has 0 spiro atoms. The topological polar surface area (TPSA) is 78.9 Å². The van der Waals surface area contributed by atoms with Crippen LogP contribution in [0.3, 0.4) is 0 Å². The van der Waals surface area contributed by atoms with Gasteiger partial charge in [0.1, 0.15) is 13.2 Å². The van der Waals surface area contributed by atoms with Crippen LogP contribution in [0.4, 0.5) is 0 Å². The molecule has 1 atom stereocenters. The molecule has 0 saturated carbocycles. The molecule has 0 fully saturated rings. The molecule has 0 bridgehead atoms. The molecule has 386 valence electrons. The smallest absolute Gasteiger partial charge is 0.306 e. The zero-order valence-corrected chi connectivity index (χ0v) is 44.2. The van der Waals surface area contributed by atoms with E-state index in [1.165, 1.54) is 212 Å². The molecule has 6 nitrogen and oxygen atoms in total. The molecule has 0 aliphatic heterocycles. The van der Waals surface area contributed by atoms with Crippen LogP contribution in [0, 0.1) is 0 Å². The highest BCUT2D eigenvalue weighted by atomic mass is 16.6. The number of ether oxygens (including phenoxy) is 3. The van der Waals surface area contributed by atoms with Gasteiger partial charge in [0.05, 0.1) is 0 Å². The molecule has 0 aliphatic carbocycles. The van der Waals surface area contributed by atoms with Crippen molar-refractivity contribution < 1.29 is 28.6 Å². The van der Waals surface area contributed by atoms with Crippen molar-refractivity contribution in [2.24, 2.45) is 0 Å². The molecule has 0 N–H and O–H groups in total. The van der Waals surface area contributed by atoms with Crippen LogP contribution in [-0.2, 0) is 28.6 Å². The summed E-state index contributed by atoms with van der Waals surface area (Å²) in [5, 5.41) is 0. The molecule has 0 radical (unpaired) electrons. The first kappa shape index (κ1) is 63.6. The van der Waals surface area contributed by atoms with Crippen molar-refractivity contribution in [2.75, 3.05) is 13.2 Å². The van der Waals surface area contributed by atoms with Crippen LogP contribution in [0.15, 0.2) is 36.5 Å². The minimum absolute atomic E-state index is 0.0872. The quantitative estimate of drug-likeness (QED) is 0.0262. The highest BCUT2D eigenvalue weighted by Gasteiger charge is 2.19. The minimum Gasteiger partial charge on any atom is -0.462 e. The lowest BCUT2D eigenvalue weighted by atomic mass is 10.0. The summed E-state index contributed by atoms with van der Waals surface area (Å²) in [6.45, 7) is 6.61. The average molecular weight is 928 g/mol. The largest absolute Gasteiger partial charge is 0.462 e. The van der Waals surface area contributed by atoms with Crippen molar-refractivity contribution >= 4 is 17.9 Å². The summed E-state index contributed by atoms with van der Waals surface area (Å²) in [5.41, 5.74) is 0. The Morgan fingerprint density at radius 3 is 0.939 bits per heavy atom. The van der Waals surface area contributed by atoms with Gasteiger partial charge in [0.25, 0.3) is 0 Å². The van der Waals surface area contributed by atoms with Crippen LogP contribution < -0.4 is 0 Å². The molecule has 0 amide bonds. The third-order valence-corrected chi connectivity index (χ3v) is 12.9. The fourth-order valence-corrected chi connectivity index (χ4v) is 8.49. The number of carbonyl (C=O) groups excluding carboxylic acids is 3. The normalized spacial score (nSPS) is 12.2. The third kappa shape index (κ3) is 52.6. The SMILES string of the molecule is CCCCCCCC/C=C\C/C=C\CCC(=O)OCC(COC(=O)CCCCCCCCCCCCCCCCCCCC)OC(=O)CCCCCCCCC/C=C\CCCCCCCC. The molecule has 0 rings (SSSR count). The summed E-state index contributed by atoms with van der Waals surface area (Å²) < 4.78 is 16.8. The minimum atomic E-state index is -0.794. The summed E-state index contributed by atoms with van der Waals surface area (Å²) in [6, 6.07) is 0. The van der Waals surface area contributed by atoms with Gasteiger partial charge in [-0.25, -0.2) is 0 Å². The Morgan fingerprint density at radius 2 is 0.576 bits per heavy atom. The molecule has 0 aromatic rings. The average Bonchev–Trinajstić information content (AvgIpc) is 3.31. The maximum atomic E-state index is 12.8. The lowest BCUT2D eigenvalue weighted by Gasteiger charge is -2.18. The lowest BCUT2D eigenvalue weighted by Crippen LogP contribution is -2.30. The van der Waals surface area contributed by atoms with Crippen LogP contribution in [0.2, 0.25) is 0 Å². The van der Waals surface area contributed by atoms with Crippen molar-refractivity contribution in [3.63, 3.8) is 0 Å². The number of unbranched alkanes of at least 4 members (excludes halogenated alkanes) is 36. The first-order valence-electron chi connectivity index (χ1n) is 29.0. The van der Waals surface area contributed by atoms with E-state index in [2.05, 4.69) is 51.2 Å². The van der Waals surface area contributed by atoms with Gasteiger partial charge >= 0.3 is 17.9 Å². The molecule has 0 saturated heterocycles. The number of hydrogen-bond acceptors (Lipinski definition) is 6. The van der Waals surface area contributed by atoms with E-state index in [1.807, 2.05) is 6.08 Å². The van der Waals surface area contributed by atoms with E-state index < -0.39 is 6.10 Å². The van der Waals surface area contributed by atoms with Gasteiger partial charge in [-0.2, -0.15) is 0 Å². The Bertz CT molecular complexity index is 1110. The van der Waals surface area contributed by atoms with Gasteiger partial charge in [-0.1, -0.05) is 263 Å². The second-order valence-corrected chi connectivity index (χ2v) is 19.6. The van der Waals surface area contributed by atoms with Crippen molar-refractivity contribution in [1.82, 2.24) is 0 Å². The van der Waals surface area contributed by atoms with Crippen molar-refractivity contribution in [3.8, 4) is 0 Å². The molecule has 6 heteroatoms. The number of carbonyl (C=O) groups is 3. The van der Waals surface area contributed by atoms with E-state index in [9.17, 15) is 14.4 Å². The fraction of sp³-hybridized carbons (Fsp3) is 0.850. The first-order valence-corrected chi connectivity index (χ1v) is 29.0. The predicted molar refractivity (Wildman–Crippen MR) is 284 cm³/mol. The molecular weight excluding hydrogens is 817 g/mol. The van der Waals surface area contributed by atoms with Crippen molar-refractivity contribution in [2.45, 2.75) is 316 Å². The summed E-state index contributed by atoms with van der Waals surface area (Å²) in [6.07, 6.45) is 65.8. The summed E-state index contributed by atoms with van der Waals surface area (Å²) in [4.78, 5) is 38.1. The van der Waals surface area contributed by atoms with Crippen LogP contribution >= 0.6 is 0 Å². The van der Waals surface area contributed by atoms with Gasteiger partial charge in [0.15, 0.2) is 6.10 Å². The van der Waals surface area contributed by atoms with Crippen molar-refractivity contribution in [1.29, 1.82) is 0 Å². The number of allylic oxidation sites excluding steroid dienone is 6. The predicted octanol–water partition coefficient (Wildman–Crippen LogP) is 19.3. The Morgan fingerprint density at radius 1 is 0.303 bits per heavy atom. The van der Waals surface area contributed by atoms with E-state index in [0.29, 0.717) is 19.3 Å². The summed E-state index contributed by atoms with van der Waals surface area (Å²) in [7, 11) is 0. The second-order valence-electron chi connectivity index (χ2n) is 19.6. The molecule has 1 unspecified atom stereocenters. The molecule has 0 heterocycles. The molecule has 0 aromatic carbocycles. The number of hydrogen-bond donors (Lipinski definition) is 0. The summed E-state index contributed by atoms with van der Waals surface area (Å²) in [5.74, 6) is -0.946. The van der Waals surface area contributed by atoms with Crippen LogP contribution in [-0.4, -0.2) is 37.2 Å². The zero-order valence-electron chi connectivity index (χ0n) is 44.2. The monoisotopic (exact) mass is 927 g/mol. The third-order valence-electron chi connectivity index (χ3n) is 12.9. The lowest BCUT2D eigenvalue weighted by molar-refractivity contribution is -0.166. The second kappa shape index (κ2) is 55.2. The number of rotatable bonds is 53. The van der Waals surface area contributed by atoms with Gasteiger partial charge in [0, 0.05) is 19.3 Å². The molecule has 0 aliphatic rings. The molecule has 0 aromatic heterocycles. The fourth-order valence-electron chi connectivity index (χ4n) is 8.49. The van der Waals surface area contributed by atoms with E-state index >= 15 is 0 Å². The summed E-state index contributed by atoms with van der Waals surface area (Å²) >= 11 is 0. The molecule has 66 heavy (non-hydrogen) atoms. The van der Waals surface area contributed by atoms with Crippen LogP contribution in [0.5, 0.6) is 0 Å². The Hall–Kier alpha value is -2.37. The van der Waals surface area contributed by atoms with Gasteiger partial charge < -0.3 is 14.2 Å². The van der Waals surface area contributed by atoms with E-state index in [-0.39, 0.29) is 37.5 Å². The van der Waals surface area contributed by atoms with Gasteiger partial charge in [-0.05, 0) is 64.2 Å². The van der Waals surface area contributed by atoms with Gasteiger partial charge in [-0.3, -0.25) is 14.4 Å². The highest BCUT2D eigenvalue weighted by molar-refractivity contribution is 5.71. The van der Waals surface area contributed by atoms with Crippen LogP contribution in [0.1, 0.15) is 310 Å². The Kier molecular flexibility index (Phi) is 53.2. The maximum Gasteiger partial charge on any atom is 0.306 e. The van der Waals surface area contributed by atoms with Crippen molar-refractivity contribution in [3.05, 3.63) is 36.5 Å². The maximum absolute atomic E-state index is 12.8. The van der Waals surface area contributed by atoms with Crippen LogP contribution in [0.25, 0.3) is 0 Å². The Balaban J connectivity index is 4.37. The standard InChI is InChI=1S/C60H110O6/c1-4-7-10-13-16-19-22-25-27-29-31-32-35-38-41-44-47-50-53-59(62)65-56-57(55-64-58(61)52-49-46-43-40-37-34-24-21-18-15-12-9-6-3)66-60(63)54-51-48-45-42-39-36-33-30-28-26-23-20-17-14-11-8-5-2/h26,28,34,37,43,46,57H,4-25,27,29-33,35-36,38-42,44-45,47-56H2,1-3H3/b28-26-,37-34-,46-43-. The molecular formula is C60H110O6. The van der Waals surface area contributed by atoms with Gasteiger partial charge in [0.2, 0.25) is 0 Å². The zero-order chi connectivity index (χ0) is 47.9. The van der Waals surface area contributed by atoms with Gasteiger partial charge in [-0.15, -0.1) is 0 Å². The first-order chi connectivity index (χ1) is 32.5. The number of esters is 3. The van der Waals surface area contributed by atoms with E-state index in [1.54, 1.807) is 0 Å².